The maximum Gasteiger partial charge on any atom is 0.0748 e. The summed E-state index contributed by atoms with van der Waals surface area (Å²) < 4.78 is 6.02. The van der Waals surface area contributed by atoms with Crippen LogP contribution in [0.2, 0.25) is 0 Å². The standard InChI is InChI=1S/C16H25NO/c1-3-15(2)13-16(9-11-17,10-12-18-15)14-7-5-4-6-8-14/h4-8H,3,9-13,17H2,1-2H3/p+1/t15-,16+/m0/s1. The molecule has 0 aliphatic carbocycles. The Labute approximate surface area is 111 Å². The van der Waals surface area contributed by atoms with Gasteiger partial charge in [0.15, 0.2) is 0 Å². The summed E-state index contributed by atoms with van der Waals surface area (Å²) in [6.07, 6.45) is 4.49. The zero-order valence-electron chi connectivity index (χ0n) is 11.7. The molecule has 1 fully saturated rings. The number of quaternary nitrogens is 1. The first-order chi connectivity index (χ1) is 8.64. The molecule has 100 valence electrons. The van der Waals surface area contributed by atoms with Crippen molar-refractivity contribution in [3.63, 3.8) is 0 Å². The van der Waals surface area contributed by atoms with Crippen LogP contribution in [-0.2, 0) is 10.2 Å². The van der Waals surface area contributed by atoms with Gasteiger partial charge >= 0.3 is 0 Å². The van der Waals surface area contributed by atoms with Crippen LogP contribution in [0.3, 0.4) is 0 Å². The summed E-state index contributed by atoms with van der Waals surface area (Å²) in [6, 6.07) is 11.0. The van der Waals surface area contributed by atoms with Gasteiger partial charge < -0.3 is 10.5 Å². The molecule has 1 aromatic carbocycles. The smallest absolute Gasteiger partial charge is 0.0748 e. The fraction of sp³-hybridized carbons (Fsp3) is 0.625. The Hall–Kier alpha value is -0.860. The van der Waals surface area contributed by atoms with Crippen LogP contribution >= 0.6 is 0 Å². The summed E-state index contributed by atoms with van der Waals surface area (Å²) in [7, 11) is 0. The maximum atomic E-state index is 6.02. The predicted molar refractivity (Wildman–Crippen MR) is 74.4 cm³/mol. The van der Waals surface area contributed by atoms with Crippen molar-refractivity contribution in [1.82, 2.24) is 0 Å². The van der Waals surface area contributed by atoms with Crippen molar-refractivity contribution in [2.75, 3.05) is 13.2 Å². The lowest BCUT2D eigenvalue weighted by atomic mass is 9.66. The van der Waals surface area contributed by atoms with Gasteiger partial charge in [-0.05, 0) is 31.7 Å². The first kappa shape index (κ1) is 13.6. The Balaban J connectivity index is 2.32. The third-order valence-electron chi connectivity index (χ3n) is 4.53. The molecule has 0 radical (unpaired) electrons. The Morgan fingerprint density at radius 2 is 2.00 bits per heavy atom. The normalized spacial score (nSPS) is 32.4. The molecule has 0 unspecified atom stereocenters. The van der Waals surface area contributed by atoms with Gasteiger partial charge in [0.05, 0.1) is 12.1 Å². The maximum absolute atomic E-state index is 6.02. The SMILES string of the molecule is CC[C@@]1(C)C[C@](CC[NH3+])(c2ccccc2)CCO1. The zero-order chi connectivity index (χ0) is 13.1. The van der Waals surface area contributed by atoms with Gasteiger partial charge in [-0.15, -0.1) is 0 Å². The molecule has 1 aliphatic heterocycles. The lowest BCUT2D eigenvalue weighted by molar-refractivity contribution is -0.372. The average molecular weight is 248 g/mol. The van der Waals surface area contributed by atoms with Crippen LogP contribution in [0.1, 0.15) is 45.1 Å². The van der Waals surface area contributed by atoms with Gasteiger partial charge in [0, 0.05) is 18.4 Å². The highest BCUT2D eigenvalue weighted by molar-refractivity contribution is 5.27. The quantitative estimate of drug-likeness (QED) is 0.873. The molecule has 0 bridgehead atoms. The summed E-state index contributed by atoms with van der Waals surface area (Å²) >= 11 is 0. The van der Waals surface area contributed by atoms with Crippen molar-refractivity contribution in [3.05, 3.63) is 35.9 Å². The average Bonchev–Trinajstić information content (AvgIpc) is 2.40. The van der Waals surface area contributed by atoms with Gasteiger partial charge in [0.25, 0.3) is 0 Å². The molecule has 2 rings (SSSR count). The summed E-state index contributed by atoms with van der Waals surface area (Å²) in [5, 5.41) is 0. The van der Waals surface area contributed by atoms with Crippen molar-refractivity contribution in [1.29, 1.82) is 0 Å². The van der Waals surface area contributed by atoms with E-state index in [0.717, 1.165) is 38.8 Å². The highest BCUT2D eigenvalue weighted by Crippen LogP contribution is 2.44. The van der Waals surface area contributed by atoms with Crippen molar-refractivity contribution < 1.29 is 10.5 Å². The summed E-state index contributed by atoms with van der Waals surface area (Å²) in [5.41, 5.74) is 5.85. The van der Waals surface area contributed by atoms with Gasteiger partial charge in [-0.3, -0.25) is 0 Å². The zero-order valence-corrected chi connectivity index (χ0v) is 11.7. The summed E-state index contributed by atoms with van der Waals surface area (Å²) in [4.78, 5) is 0. The van der Waals surface area contributed by atoms with E-state index in [-0.39, 0.29) is 11.0 Å². The van der Waals surface area contributed by atoms with Gasteiger partial charge in [-0.2, -0.15) is 0 Å². The van der Waals surface area contributed by atoms with E-state index in [2.05, 4.69) is 49.9 Å². The highest BCUT2D eigenvalue weighted by Gasteiger charge is 2.43. The van der Waals surface area contributed by atoms with Crippen LogP contribution in [0.25, 0.3) is 0 Å². The molecule has 1 aliphatic rings. The fourth-order valence-corrected chi connectivity index (χ4v) is 3.31. The minimum atomic E-state index is 0.0310. The Bertz CT molecular complexity index is 374. The second kappa shape index (κ2) is 5.41. The lowest BCUT2D eigenvalue weighted by Crippen LogP contribution is -2.55. The van der Waals surface area contributed by atoms with Crippen LogP contribution in [-0.4, -0.2) is 18.8 Å². The summed E-state index contributed by atoms with van der Waals surface area (Å²) in [6.45, 7) is 6.35. The van der Waals surface area contributed by atoms with E-state index in [1.165, 1.54) is 5.56 Å². The predicted octanol–water partition coefficient (Wildman–Crippen LogP) is 2.54. The van der Waals surface area contributed by atoms with E-state index in [4.69, 9.17) is 4.74 Å². The van der Waals surface area contributed by atoms with Crippen molar-refractivity contribution in [2.24, 2.45) is 0 Å². The molecule has 18 heavy (non-hydrogen) atoms. The topological polar surface area (TPSA) is 36.9 Å². The number of hydrogen-bond acceptors (Lipinski definition) is 1. The minimum absolute atomic E-state index is 0.0310. The third-order valence-corrected chi connectivity index (χ3v) is 4.53. The van der Waals surface area contributed by atoms with Crippen LogP contribution in [0.5, 0.6) is 0 Å². The molecule has 1 heterocycles. The van der Waals surface area contributed by atoms with E-state index >= 15 is 0 Å². The van der Waals surface area contributed by atoms with Gasteiger partial charge in [0.1, 0.15) is 0 Å². The highest BCUT2D eigenvalue weighted by atomic mass is 16.5. The van der Waals surface area contributed by atoms with Crippen LogP contribution in [0.4, 0.5) is 0 Å². The van der Waals surface area contributed by atoms with Crippen LogP contribution < -0.4 is 5.73 Å². The molecule has 1 saturated heterocycles. The second-order valence-electron chi connectivity index (χ2n) is 5.83. The molecular formula is C16H26NO+. The van der Waals surface area contributed by atoms with Gasteiger partial charge in [-0.25, -0.2) is 0 Å². The van der Waals surface area contributed by atoms with Gasteiger partial charge in [0.2, 0.25) is 0 Å². The number of ether oxygens (including phenoxy) is 1. The molecule has 2 heteroatoms. The molecule has 2 nitrogen and oxygen atoms in total. The van der Waals surface area contributed by atoms with E-state index in [9.17, 15) is 0 Å². The second-order valence-corrected chi connectivity index (χ2v) is 5.83. The monoisotopic (exact) mass is 248 g/mol. The molecule has 0 saturated carbocycles. The Kier molecular flexibility index (Phi) is 4.08. The minimum Gasteiger partial charge on any atom is -0.375 e. The molecule has 0 spiro atoms. The first-order valence-corrected chi connectivity index (χ1v) is 7.13. The fourth-order valence-electron chi connectivity index (χ4n) is 3.31. The third kappa shape index (κ3) is 2.60. The van der Waals surface area contributed by atoms with Crippen molar-refractivity contribution in [3.8, 4) is 0 Å². The molecule has 3 N–H and O–H groups in total. The molecule has 2 atom stereocenters. The van der Waals surface area contributed by atoms with E-state index in [1.807, 2.05) is 0 Å². The van der Waals surface area contributed by atoms with Crippen molar-refractivity contribution >= 4 is 0 Å². The van der Waals surface area contributed by atoms with Gasteiger partial charge in [-0.1, -0.05) is 37.3 Å². The van der Waals surface area contributed by atoms with Crippen LogP contribution in [0, 0.1) is 0 Å². The Morgan fingerprint density at radius 3 is 2.61 bits per heavy atom. The molecular weight excluding hydrogens is 222 g/mol. The van der Waals surface area contributed by atoms with E-state index < -0.39 is 0 Å². The first-order valence-electron chi connectivity index (χ1n) is 7.13. The molecule has 1 aromatic rings. The Morgan fingerprint density at radius 1 is 1.28 bits per heavy atom. The van der Waals surface area contributed by atoms with Crippen LogP contribution in [0.15, 0.2) is 30.3 Å². The van der Waals surface area contributed by atoms with Crippen molar-refractivity contribution in [2.45, 2.75) is 50.5 Å². The number of hydrogen-bond donors (Lipinski definition) is 1. The number of benzene rings is 1. The molecule has 0 amide bonds. The molecule has 0 aromatic heterocycles. The van der Waals surface area contributed by atoms with E-state index in [0.29, 0.717) is 0 Å². The summed E-state index contributed by atoms with van der Waals surface area (Å²) in [5.74, 6) is 0. The lowest BCUT2D eigenvalue weighted by Gasteiger charge is -2.46. The largest absolute Gasteiger partial charge is 0.375 e. The number of rotatable bonds is 4. The van der Waals surface area contributed by atoms with E-state index in [1.54, 1.807) is 0 Å².